The van der Waals surface area contributed by atoms with Crippen molar-refractivity contribution < 1.29 is 19.4 Å². The van der Waals surface area contributed by atoms with Gasteiger partial charge in [0.15, 0.2) is 5.78 Å². The Morgan fingerprint density at radius 3 is 1.96 bits per heavy atom. The predicted octanol–water partition coefficient (Wildman–Crippen LogP) is 11.6. The molecule has 0 radical (unpaired) electrons. The first-order chi connectivity index (χ1) is 21.9. The predicted molar refractivity (Wildman–Crippen MR) is 199 cm³/mol. The summed E-state index contributed by atoms with van der Waals surface area (Å²) in [6.07, 6.45) is 15.9. The molecule has 1 unspecified atom stereocenters. The van der Waals surface area contributed by atoms with Crippen molar-refractivity contribution in [2.75, 3.05) is 14.2 Å². The summed E-state index contributed by atoms with van der Waals surface area (Å²) in [6.45, 7) is 21.9. The Morgan fingerprint density at radius 2 is 1.52 bits per heavy atom. The number of aromatic nitrogens is 1. The van der Waals surface area contributed by atoms with E-state index in [0.29, 0.717) is 34.7 Å². The summed E-state index contributed by atoms with van der Waals surface area (Å²) in [5, 5.41) is 11.5. The number of unbranched alkanes of at least 4 members (excludes halogenated alkanes) is 2. The van der Waals surface area contributed by atoms with E-state index in [-0.39, 0.29) is 11.3 Å². The van der Waals surface area contributed by atoms with E-state index in [0.717, 1.165) is 35.8 Å². The monoisotopic (exact) mass is 659 g/mol. The van der Waals surface area contributed by atoms with E-state index in [2.05, 4.69) is 39.3 Å². The minimum absolute atomic E-state index is 0.261. The molecule has 0 amide bonds. The Balaban J connectivity index is 0. The summed E-state index contributed by atoms with van der Waals surface area (Å²) >= 11 is 5.76. The number of benzene rings is 1. The second-order valence-corrected chi connectivity index (χ2v) is 11.4. The maximum atomic E-state index is 12.3. The zero-order chi connectivity index (χ0) is 35.7. The Bertz CT molecular complexity index is 1250. The van der Waals surface area contributed by atoms with E-state index >= 15 is 0 Å². The van der Waals surface area contributed by atoms with Crippen LogP contribution < -0.4 is 15.0 Å². The number of carbonyl (C=O) groups excluding carboxylic acids is 1. The van der Waals surface area contributed by atoms with Gasteiger partial charge < -0.3 is 19.6 Å². The maximum absolute atomic E-state index is 12.3. The molecule has 0 saturated carbocycles. The van der Waals surface area contributed by atoms with Crippen molar-refractivity contribution in [3.63, 3.8) is 0 Å². The van der Waals surface area contributed by atoms with Gasteiger partial charge in [-0.2, -0.15) is 0 Å². The first-order valence-electron chi connectivity index (χ1n) is 16.8. The molecule has 0 bridgehead atoms. The summed E-state index contributed by atoms with van der Waals surface area (Å²) in [7, 11) is 3.03. The molecule has 7 heteroatoms. The number of ketones is 1. The second kappa shape index (κ2) is 26.9. The van der Waals surface area contributed by atoms with Crippen molar-refractivity contribution in [1.82, 2.24) is 4.98 Å². The van der Waals surface area contributed by atoms with Crippen molar-refractivity contribution in [2.24, 2.45) is 5.92 Å². The number of pyridine rings is 1. The number of carbonyl (C=O) groups is 1. The lowest BCUT2D eigenvalue weighted by Crippen LogP contribution is -2.19. The summed E-state index contributed by atoms with van der Waals surface area (Å²) in [5.41, 5.74) is 1.60. The van der Waals surface area contributed by atoms with Crippen LogP contribution in [-0.4, -0.2) is 30.1 Å². The normalized spacial score (nSPS) is 11.3. The van der Waals surface area contributed by atoms with Crippen LogP contribution in [0.3, 0.4) is 0 Å². The molecule has 1 heterocycles. The highest BCUT2D eigenvalue weighted by atomic mass is 35.5. The molecule has 0 fully saturated rings. The van der Waals surface area contributed by atoms with Crippen LogP contribution in [-0.2, 0) is 6.42 Å². The standard InChI is InChI=1S/C19H23NO5.C9H13Cl.C9H20.C2H6/c1-5-6-8-12-16(18(22)15(11(2)21)19(23)20-12)17-13(24-3)9-7-10-14(17)25-4;1-4-5-9(10)7-6-8(2)3;1-4-6-8-9(3)7-5-2;1-2/h7,9-10H,5-6,8H2,1-4H3,(H2,20,22,23);5-7H,2,4H2,1,3H3;9H,4-8H2,1-3H3;1-2H3/b;7-6-,9-5+;;. The number of ether oxygens (including phenoxy) is 2. The third-order valence-electron chi connectivity index (χ3n) is 6.84. The molecule has 0 spiro atoms. The number of Topliss-reactive ketones (excluding diaryl/α,β-unsaturated/α-hetero) is 1. The molecule has 0 aliphatic rings. The van der Waals surface area contributed by atoms with Gasteiger partial charge in [0.1, 0.15) is 22.8 Å². The Labute approximate surface area is 285 Å². The van der Waals surface area contributed by atoms with Crippen molar-refractivity contribution in [3.8, 4) is 28.4 Å². The van der Waals surface area contributed by atoms with E-state index in [1.54, 1.807) is 18.2 Å². The van der Waals surface area contributed by atoms with E-state index in [1.165, 1.54) is 53.2 Å². The largest absolute Gasteiger partial charge is 0.506 e. The number of aryl methyl sites for hydroxylation is 1. The Kier molecular flexibility index (Phi) is 26.3. The number of aromatic amines is 1. The van der Waals surface area contributed by atoms with Crippen LogP contribution >= 0.6 is 11.6 Å². The van der Waals surface area contributed by atoms with Crippen LogP contribution in [0.5, 0.6) is 17.2 Å². The number of halogens is 1. The number of hydrogen-bond donors (Lipinski definition) is 2. The van der Waals surface area contributed by atoms with Crippen LogP contribution in [0.1, 0.15) is 130 Å². The molecular weight excluding hydrogens is 598 g/mol. The fourth-order valence-corrected chi connectivity index (χ4v) is 4.76. The number of nitrogens with one attached hydrogen (secondary N) is 1. The van der Waals surface area contributed by atoms with Crippen molar-refractivity contribution in [1.29, 1.82) is 0 Å². The van der Waals surface area contributed by atoms with Crippen molar-refractivity contribution >= 4 is 17.4 Å². The number of methoxy groups -OCH3 is 2. The first-order valence-corrected chi connectivity index (χ1v) is 17.2. The van der Waals surface area contributed by atoms with Crippen LogP contribution in [0.2, 0.25) is 0 Å². The van der Waals surface area contributed by atoms with E-state index < -0.39 is 11.3 Å². The van der Waals surface area contributed by atoms with Gasteiger partial charge >= 0.3 is 0 Å². The van der Waals surface area contributed by atoms with Gasteiger partial charge in [-0.15, -0.1) is 0 Å². The summed E-state index contributed by atoms with van der Waals surface area (Å²) in [6, 6.07) is 5.24. The van der Waals surface area contributed by atoms with E-state index in [1.807, 2.05) is 45.9 Å². The minimum atomic E-state index is -0.589. The zero-order valence-corrected chi connectivity index (χ0v) is 31.3. The van der Waals surface area contributed by atoms with Crippen LogP contribution in [0, 0.1) is 5.92 Å². The van der Waals surface area contributed by atoms with Crippen LogP contribution in [0.4, 0.5) is 0 Å². The minimum Gasteiger partial charge on any atom is -0.506 e. The fourth-order valence-electron chi connectivity index (χ4n) is 4.55. The molecule has 6 nitrogen and oxygen atoms in total. The lowest BCUT2D eigenvalue weighted by atomic mass is 9.95. The number of rotatable bonds is 15. The molecule has 0 aliphatic heterocycles. The molecular formula is C39H62ClNO5. The lowest BCUT2D eigenvalue weighted by Gasteiger charge is -2.18. The van der Waals surface area contributed by atoms with Gasteiger partial charge in [-0.3, -0.25) is 9.59 Å². The fraction of sp³-hybridized carbons (Fsp3) is 0.538. The quantitative estimate of drug-likeness (QED) is 0.147. The Morgan fingerprint density at radius 1 is 0.957 bits per heavy atom. The highest BCUT2D eigenvalue weighted by Gasteiger charge is 2.25. The van der Waals surface area contributed by atoms with Gasteiger partial charge in [0.05, 0.1) is 25.3 Å². The molecule has 1 atom stereocenters. The van der Waals surface area contributed by atoms with Crippen molar-refractivity contribution in [2.45, 2.75) is 120 Å². The van der Waals surface area contributed by atoms with Gasteiger partial charge in [0, 0.05) is 10.7 Å². The molecule has 2 aromatic rings. The molecule has 46 heavy (non-hydrogen) atoms. The maximum Gasteiger partial charge on any atom is 0.262 e. The molecule has 2 rings (SSSR count). The zero-order valence-electron chi connectivity index (χ0n) is 30.6. The molecule has 2 N–H and O–H groups in total. The number of aromatic hydroxyl groups is 1. The van der Waals surface area contributed by atoms with Gasteiger partial charge in [0.2, 0.25) is 0 Å². The third-order valence-corrected chi connectivity index (χ3v) is 7.12. The third kappa shape index (κ3) is 16.9. The topological polar surface area (TPSA) is 88.6 Å². The van der Waals surface area contributed by atoms with Gasteiger partial charge in [-0.25, -0.2) is 0 Å². The average molecular weight is 660 g/mol. The first kappa shape index (κ1) is 44.9. The van der Waals surface area contributed by atoms with E-state index in [9.17, 15) is 14.7 Å². The number of H-pyrrole nitrogens is 1. The highest BCUT2D eigenvalue weighted by molar-refractivity contribution is 6.31. The summed E-state index contributed by atoms with van der Waals surface area (Å²) in [4.78, 5) is 26.9. The van der Waals surface area contributed by atoms with Crippen LogP contribution in [0.15, 0.2) is 58.4 Å². The highest BCUT2D eigenvalue weighted by Crippen LogP contribution is 2.44. The van der Waals surface area contributed by atoms with Gasteiger partial charge in [0.25, 0.3) is 5.56 Å². The SMILES string of the molecule is C=C(C)/C=C\C(Cl)=C/CC.CC.CCCCC(C)CCC.CCCCc1[nH]c(=O)c(C(C)=O)c(O)c1-c1c(OC)cccc1OC. The molecule has 260 valence electrons. The number of allylic oxidation sites excluding steroid dienone is 5. The van der Waals surface area contributed by atoms with Crippen LogP contribution in [0.25, 0.3) is 11.1 Å². The van der Waals surface area contributed by atoms with Gasteiger partial charge in [-0.1, -0.05) is 129 Å². The van der Waals surface area contributed by atoms with Crippen molar-refractivity contribution in [3.05, 3.63) is 75.2 Å². The lowest BCUT2D eigenvalue weighted by molar-refractivity contribution is 0.101. The smallest absolute Gasteiger partial charge is 0.262 e. The summed E-state index contributed by atoms with van der Waals surface area (Å²) < 4.78 is 10.8. The molecule has 1 aromatic heterocycles. The average Bonchev–Trinajstić information content (AvgIpc) is 3.03. The molecule has 0 aliphatic carbocycles. The second-order valence-electron chi connectivity index (χ2n) is 10.9. The summed E-state index contributed by atoms with van der Waals surface area (Å²) in [5.74, 6) is 1.08. The molecule has 0 saturated heterocycles. The Hall–Kier alpha value is -3.25. The number of hydrogen-bond acceptors (Lipinski definition) is 5. The van der Waals surface area contributed by atoms with Gasteiger partial charge in [-0.05, 0) is 57.2 Å². The molecule has 1 aromatic carbocycles. The van der Waals surface area contributed by atoms with E-state index in [4.69, 9.17) is 21.1 Å².